The van der Waals surface area contributed by atoms with Gasteiger partial charge in [0.05, 0.1) is 5.56 Å². The molecule has 0 bridgehead atoms. The average Bonchev–Trinajstić information content (AvgIpc) is 3.12. The molecular formula is C29H30ClN3O5S. The highest BCUT2D eigenvalue weighted by atomic mass is 35.5. The molecule has 1 heterocycles. The Hall–Kier alpha value is -3.69. The van der Waals surface area contributed by atoms with E-state index >= 15 is 0 Å². The quantitative estimate of drug-likeness (QED) is 0.352. The van der Waals surface area contributed by atoms with E-state index in [9.17, 15) is 22.8 Å². The van der Waals surface area contributed by atoms with E-state index in [0.717, 1.165) is 18.4 Å². The molecule has 0 aliphatic carbocycles. The van der Waals surface area contributed by atoms with Gasteiger partial charge >= 0.3 is 0 Å². The zero-order valence-electron chi connectivity index (χ0n) is 21.5. The lowest BCUT2D eigenvalue weighted by Gasteiger charge is -2.32. The number of carbonyl (C=O) groups is 3. The Morgan fingerprint density at radius 3 is 2.36 bits per heavy atom. The molecule has 1 atom stereocenters. The molecule has 3 aromatic carbocycles. The molecule has 4 rings (SSSR count). The van der Waals surface area contributed by atoms with E-state index in [1.54, 1.807) is 30.3 Å². The second-order valence-electron chi connectivity index (χ2n) is 9.31. The second kappa shape index (κ2) is 12.4. The molecule has 0 unspecified atom stereocenters. The van der Waals surface area contributed by atoms with Crippen LogP contribution in [0.1, 0.15) is 41.3 Å². The number of rotatable bonds is 11. The predicted octanol–water partition coefficient (Wildman–Crippen LogP) is 4.04. The van der Waals surface area contributed by atoms with Crippen LogP contribution in [0, 0.1) is 0 Å². The zero-order chi connectivity index (χ0) is 28.0. The fraction of sp³-hybridized carbons (Fsp3) is 0.276. The number of carbonyl (C=O) groups excluding carboxylic acids is 3. The standard InChI is InChI=1S/C29H30ClN3O5S/c1-2-3-16-31-28(35)25(18-21-10-5-4-6-11-21)32(19-22-12-9-13-23(30)17-22)27(34)20-33-29(36)24-14-7-8-15-26(24)39(33,37)38/h4-15,17,25H,2-3,16,18-20H2,1H3,(H,31,35)/t25-/m0/s1. The van der Waals surface area contributed by atoms with Crippen LogP contribution in [0.3, 0.4) is 0 Å². The minimum absolute atomic E-state index is 0.00683. The summed E-state index contributed by atoms with van der Waals surface area (Å²) in [6.07, 6.45) is 1.85. The molecule has 8 nitrogen and oxygen atoms in total. The first-order chi connectivity index (χ1) is 18.7. The third-order valence-corrected chi connectivity index (χ3v) is 8.56. The Bertz CT molecular complexity index is 1460. The van der Waals surface area contributed by atoms with Crippen LogP contribution >= 0.6 is 11.6 Å². The van der Waals surface area contributed by atoms with E-state index in [4.69, 9.17) is 11.6 Å². The summed E-state index contributed by atoms with van der Waals surface area (Å²) in [5.74, 6) is -1.80. The molecule has 1 N–H and O–H groups in total. The number of nitrogens with zero attached hydrogens (tertiary/aromatic N) is 2. The first-order valence-electron chi connectivity index (χ1n) is 12.7. The molecule has 0 radical (unpaired) electrons. The lowest BCUT2D eigenvalue weighted by Crippen LogP contribution is -2.53. The molecule has 0 saturated carbocycles. The van der Waals surface area contributed by atoms with Crippen LogP contribution in [0.25, 0.3) is 0 Å². The summed E-state index contributed by atoms with van der Waals surface area (Å²) in [6.45, 7) is 1.71. The maximum Gasteiger partial charge on any atom is 0.269 e. The predicted molar refractivity (Wildman–Crippen MR) is 149 cm³/mol. The summed E-state index contributed by atoms with van der Waals surface area (Å²) in [6, 6.07) is 21.1. The highest BCUT2D eigenvalue weighted by molar-refractivity contribution is 7.90. The maximum atomic E-state index is 13.9. The molecule has 1 aliphatic rings. The van der Waals surface area contributed by atoms with Crippen molar-refractivity contribution in [1.29, 1.82) is 0 Å². The van der Waals surface area contributed by atoms with Crippen LogP contribution in [-0.4, -0.2) is 54.5 Å². The van der Waals surface area contributed by atoms with Crippen molar-refractivity contribution in [2.75, 3.05) is 13.1 Å². The summed E-state index contributed by atoms with van der Waals surface area (Å²) in [7, 11) is -4.21. The van der Waals surface area contributed by atoms with Crippen LogP contribution in [0.2, 0.25) is 5.02 Å². The number of hydrogen-bond donors (Lipinski definition) is 1. The molecule has 0 aromatic heterocycles. The third-order valence-electron chi connectivity index (χ3n) is 6.53. The highest BCUT2D eigenvalue weighted by Gasteiger charge is 2.43. The van der Waals surface area contributed by atoms with Gasteiger partial charge in [0, 0.05) is 24.5 Å². The van der Waals surface area contributed by atoms with Crippen LogP contribution < -0.4 is 5.32 Å². The van der Waals surface area contributed by atoms with Gasteiger partial charge in [-0.3, -0.25) is 14.4 Å². The number of halogens is 1. The van der Waals surface area contributed by atoms with Gasteiger partial charge in [-0.25, -0.2) is 12.7 Å². The molecule has 0 spiro atoms. The van der Waals surface area contributed by atoms with E-state index in [0.29, 0.717) is 21.4 Å². The number of nitrogens with one attached hydrogen (secondary N) is 1. The number of fused-ring (bicyclic) bond motifs is 1. The van der Waals surface area contributed by atoms with Crippen LogP contribution in [0.5, 0.6) is 0 Å². The molecule has 3 aromatic rings. The smallest absolute Gasteiger partial charge is 0.269 e. The van der Waals surface area contributed by atoms with Crippen molar-refractivity contribution in [3.8, 4) is 0 Å². The normalized spacial score (nSPS) is 14.5. The summed E-state index contributed by atoms with van der Waals surface area (Å²) < 4.78 is 26.9. The van der Waals surface area contributed by atoms with Gasteiger partial charge in [-0.05, 0) is 41.8 Å². The molecule has 204 valence electrons. The Kier molecular flexibility index (Phi) is 9.04. The molecule has 0 fully saturated rings. The van der Waals surface area contributed by atoms with E-state index in [1.807, 2.05) is 37.3 Å². The number of benzene rings is 3. The fourth-order valence-electron chi connectivity index (χ4n) is 4.49. The van der Waals surface area contributed by atoms with E-state index in [2.05, 4.69) is 5.32 Å². The fourth-order valence-corrected chi connectivity index (χ4v) is 6.22. The van der Waals surface area contributed by atoms with Crippen LogP contribution in [-0.2, 0) is 32.6 Å². The molecular weight excluding hydrogens is 538 g/mol. The molecule has 0 saturated heterocycles. The lowest BCUT2D eigenvalue weighted by molar-refractivity contribution is -0.141. The van der Waals surface area contributed by atoms with Gasteiger partial charge in [0.25, 0.3) is 15.9 Å². The van der Waals surface area contributed by atoms with Crippen molar-refractivity contribution in [1.82, 2.24) is 14.5 Å². The van der Waals surface area contributed by atoms with Gasteiger partial charge in [0.15, 0.2) is 0 Å². The summed E-state index contributed by atoms with van der Waals surface area (Å²) in [5.41, 5.74) is 1.51. The largest absolute Gasteiger partial charge is 0.354 e. The topological polar surface area (TPSA) is 104 Å². The first-order valence-corrected chi connectivity index (χ1v) is 14.6. The average molecular weight is 568 g/mol. The second-order valence-corrected chi connectivity index (χ2v) is 11.6. The van der Waals surface area contributed by atoms with E-state index in [1.165, 1.54) is 23.1 Å². The van der Waals surface area contributed by atoms with Crippen molar-refractivity contribution in [3.05, 3.63) is 101 Å². The molecule has 10 heteroatoms. The third kappa shape index (κ3) is 6.49. The van der Waals surface area contributed by atoms with Crippen LogP contribution in [0.4, 0.5) is 0 Å². The minimum atomic E-state index is -4.21. The monoisotopic (exact) mass is 567 g/mol. The zero-order valence-corrected chi connectivity index (χ0v) is 23.1. The lowest BCUT2D eigenvalue weighted by atomic mass is 10.0. The van der Waals surface area contributed by atoms with Gasteiger partial charge in [-0.1, -0.05) is 79.5 Å². The number of hydrogen-bond acceptors (Lipinski definition) is 5. The van der Waals surface area contributed by atoms with Crippen molar-refractivity contribution in [2.24, 2.45) is 0 Å². The van der Waals surface area contributed by atoms with Gasteiger partial charge in [0.2, 0.25) is 11.8 Å². The Labute approximate surface area is 233 Å². The van der Waals surface area contributed by atoms with Gasteiger partial charge in [-0.2, -0.15) is 0 Å². The van der Waals surface area contributed by atoms with Gasteiger partial charge < -0.3 is 10.2 Å². The van der Waals surface area contributed by atoms with Crippen molar-refractivity contribution in [3.63, 3.8) is 0 Å². The van der Waals surface area contributed by atoms with Crippen LogP contribution in [0.15, 0.2) is 83.8 Å². The van der Waals surface area contributed by atoms with Gasteiger partial charge in [-0.15, -0.1) is 0 Å². The van der Waals surface area contributed by atoms with E-state index < -0.39 is 34.4 Å². The Morgan fingerprint density at radius 1 is 0.974 bits per heavy atom. The summed E-state index contributed by atoms with van der Waals surface area (Å²) in [5, 5.41) is 3.37. The number of amides is 3. The Balaban J connectivity index is 1.70. The van der Waals surface area contributed by atoms with Gasteiger partial charge in [0.1, 0.15) is 17.5 Å². The number of unbranched alkanes of at least 4 members (excludes halogenated alkanes) is 1. The van der Waals surface area contributed by atoms with Crippen molar-refractivity contribution >= 4 is 39.3 Å². The number of sulfonamides is 1. The van der Waals surface area contributed by atoms with E-state index in [-0.39, 0.29) is 29.3 Å². The summed E-state index contributed by atoms with van der Waals surface area (Å²) >= 11 is 6.19. The summed E-state index contributed by atoms with van der Waals surface area (Å²) in [4.78, 5) is 41.6. The first kappa shape index (κ1) is 28.3. The highest BCUT2D eigenvalue weighted by Crippen LogP contribution is 2.30. The van der Waals surface area contributed by atoms with Crippen molar-refractivity contribution < 1.29 is 22.8 Å². The Morgan fingerprint density at radius 2 is 1.67 bits per heavy atom. The molecule has 3 amide bonds. The maximum absolute atomic E-state index is 13.9. The van der Waals surface area contributed by atoms with Crippen molar-refractivity contribution in [2.45, 2.75) is 43.7 Å². The molecule has 1 aliphatic heterocycles. The minimum Gasteiger partial charge on any atom is -0.354 e. The molecule has 39 heavy (non-hydrogen) atoms. The SMILES string of the molecule is CCCCNC(=O)[C@H](Cc1ccccc1)N(Cc1cccc(Cl)c1)C(=O)CN1C(=O)c2ccccc2S1(=O)=O.